The van der Waals surface area contributed by atoms with Crippen LogP contribution in [0.15, 0.2) is 5.16 Å². The second kappa shape index (κ2) is 7.05. The fraction of sp³-hybridized carbons (Fsp3) is 0.800. The molecule has 1 atom stereocenters. The number of amidine groups is 1. The van der Waals surface area contributed by atoms with Gasteiger partial charge < -0.3 is 20.6 Å². The van der Waals surface area contributed by atoms with E-state index in [0.29, 0.717) is 6.42 Å². The van der Waals surface area contributed by atoms with Crippen LogP contribution in [0.25, 0.3) is 0 Å². The van der Waals surface area contributed by atoms with Crippen molar-refractivity contribution in [2.24, 2.45) is 10.9 Å². The smallest absolute Gasteiger partial charge is 0.248 e. The Morgan fingerprint density at radius 1 is 1.50 bits per heavy atom. The third-order valence-corrected chi connectivity index (χ3v) is 2.23. The van der Waals surface area contributed by atoms with Gasteiger partial charge in [0.1, 0.15) is 12.4 Å². The minimum atomic E-state index is -0.126. The Kier molecular flexibility index (Phi) is 6.48. The van der Waals surface area contributed by atoms with E-state index < -0.39 is 0 Å². The number of oxime groups is 1. The second-order valence-corrected chi connectivity index (χ2v) is 4.01. The summed E-state index contributed by atoms with van der Waals surface area (Å²) in [5.41, 5.74) is 5.36. The van der Waals surface area contributed by atoms with Crippen molar-refractivity contribution in [1.82, 2.24) is 4.90 Å². The molecule has 1 amide bonds. The van der Waals surface area contributed by atoms with E-state index >= 15 is 0 Å². The molecule has 1 unspecified atom stereocenters. The van der Waals surface area contributed by atoms with Crippen LogP contribution in [-0.2, 0) is 9.53 Å². The lowest BCUT2D eigenvalue weighted by Gasteiger charge is -2.24. The molecule has 0 aliphatic heterocycles. The van der Waals surface area contributed by atoms with E-state index in [1.165, 1.54) is 4.90 Å². The number of ether oxygens (including phenoxy) is 1. The van der Waals surface area contributed by atoms with Crippen molar-refractivity contribution in [3.05, 3.63) is 0 Å². The Morgan fingerprint density at radius 3 is 2.50 bits per heavy atom. The molecule has 0 aromatic carbocycles. The summed E-state index contributed by atoms with van der Waals surface area (Å²) in [5.74, 6) is -0.0103. The topological polar surface area (TPSA) is 88.2 Å². The molecule has 0 radical (unpaired) electrons. The van der Waals surface area contributed by atoms with E-state index in [1.807, 2.05) is 20.8 Å². The summed E-state index contributed by atoms with van der Waals surface area (Å²) in [4.78, 5) is 13.1. The molecule has 0 heterocycles. The van der Waals surface area contributed by atoms with Crippen molar-refractivity contribution in [2.75, 3.05) is 13.7 Å². The highest BCUT2D eigenvalue weighted by molar-refractivity contribution is 5.82. The zero-order chi connectivity index (χ0) is 12.7. The highest BCUT2D eigenvalue weighted by Crippen LogP contribution is 2.02. The molecule has 0 spiro atoms. The number of amides is 1. The molecule has 0 aromatic heterocycles. The van der Waals surface area contributed by atoms with Gasteiger partial charge in [0.2, 0.25) is 5.91 Å². The van der Waals surface area contributed by atoms with Crippen molar-refractivity contribution >= 4 is 11.7 Å². The number of hydrogen-bond donors (Lipinski definition) is 2. The van der Waals surface area contributed by atoms with Crippen molar-refractivity contribution < 1.29 is 14.7 Å². The molecule has 16 heavy (non-hydrogen) atoms. The van der Waals surface area contributed by atoms with E-state index in [1.54, 1.807) is 7.05 Å². The fourth-order valence-corrected chi connectivity index (χ4v) is 1.07. The normalized spacial score (nSPS) is 13.9. The van der Waals surface area contributed by atoms with Crippen molar-refractivity contribution in [3.63, 3.8) is 0 Å². The minimum Gasteiger partial charge on any atom is -0.409 e. The van der Waals surface area contributed by atoms with Crippen LogP contribution >= 0.6 is 0 Å². The van der Waals surface area contributed by atoms with Gasteiger partial charge in [0.05, 0.1) is 6.10 Å². The first-order valence-electron chi connectivity index (χ1n) is 5.22. The molecule has 0 aliphatic rings. The maximum Gasteiger partial charge on any atom is 0.248 e. The van der Waals surface area contributed by atoms with Crippen LogP contribution < -0.4 is 5.73 Å². The lowest BCUT2D eigenvalue weighted by Crippen LogP contribution is -2.40. The number of nitrogens with zero attached hydrogens (tertiary/aromatic N) is 2. The molecule has 0 rings (SSSR count). The van der Waals surface area contributed by atoms with Crippen LogP contribution in [0.5, 0.6) is 0 Å². The average Bonchev–Trinajstić information content (AvgIpc) is 2.24. The van der Waals surface area contributed by atoms with E-state index in [2.05, 4.69) is 5.16 Å². The highest BCUT2D eigenvalue weighted by atomic mass is 16.5. The maximum atomic E-state index is 11.6. The van der Waals surface area contributed by atoms with Gasteiger partial charge >= 0.3 is 0 Å². The summed E-state index contributed by atoms with van der Waals surface area (Å²) in [6.07, 6.45) is 0.358. The molecule has 0 bridgehead atoms. The molecule has 94 valence electrons. The molecule has 6 heteroatoms. The second-order valence-electron chi connectivity index (χ2n) is 4.01. The van der Waals surface area contributed by atoms with Crippen LogP contribution in [-0.4, -0.2) is 47.7 Å². The van der Waals surface area contributed by atoms with Gasteiger partial charge in [-0.2, -0.15) is 0 Å². The highest BCUT2D eigenvalue weighted by Gasteiger charge is 2.17. The Balaban J connectivity index is 4.11. The average molecular weight is 231 g/mol. The predicted octanol–water partition coefficient (Wildman–Crippen LogP) is 0.395. The van der Waals surface area contributed by atoms with Gasteiger partial charge in [0.15, 0.2) is 0 Å². The van der Waals surface area contributed by atoms with E-state index in [0.717, 1.165) is 0 Å². The quantitative estimate of drug-likeness (QED) is 0.300. The first-order valence-corrected chi connectivity index (χ1v) is 5.22. The number of rotatable bonds is 6. The molecule has 0 aliphatic carbocycles. The summed E-state index contributed by atoms with van der Waals surface area (Å²) in [6.45, 7) is 5.61. The van der Waals surface area contributed by atoms with E-state index in [-0.39, 0.29) is 30.5 Å². The van der Waals surface area contributed by atoms with Gasteiger partial charge in [0.25, 0.3) is 0 Å². The Morgan fingerprint density at radius 2 is 2.06 bits per heavy atom. The first kappa shape index (κ1) is 14.7. The number of nitrogens with two attached hydrogens (primary N) is 1. The molecule has 0 saturated carbocycles. The summed E-state index contributed by atoms with van der Waals surface area (Å²) in [6, 6.07) is -0.126. The van der Waals surface area contributed by atoms with Gasteiger partial charge in [-0.15, -0.1) is 0 Å². The zero-order valence-electron chi connectivity index (χ0n) is 10.3. The lowest BCUT2D eigenvalue weighted by atomic mass is 10.2. The van der Waals surface area contributed by atoms with E-state index in [9.17, 15) is 4.79 Å². The van der Waals surface area contributed by atoms with E-state index in [4.69, 9.17) is 15.7 Å². The van der Waals surface area contributed by atoms with Crippen molar-refractivity contribution in [1.29, 1.82) is 0 Å². The van der Waals surface area contributed by atoms with Crippen LogP contribution in [0.4, 0.5) is 0 Å². The van der Waals surface area contributed by atoms with Crippen LogP contribution in [0.3, 0.4) is 0 Å². The lowest BCUT2D eigenvalue weighted by molar-refractivity contribution is -0.137. The molecule has 0 aromatic rings. The molecule has 0 fully saturated rings. The van der Waals surface area contributed by atoms with Gasteiger partial charge in [-0.25, -0.2) is 0 Å². The van der Waals surface area contributed by atoms with Gasteiger partial charge in [-0.05, 0) is 20.8 Å². The monoisotopic (exact) mass is 231 g/mol. The standard InChI is InChI=1S/C10H21N3O3/c1-7(2)16-6-10(14)13(4)8(3)5-9(11)12-15/h7-8,15H,5-6H2,1-4H3,(H2,11,12). The Labute approximate surface area is 96.0 Å². The number of hydrogen-bond acceptors (Lipinski definition) is 4. The Bertz CT molecular complexity index is 254. The van der Waals surface area contributed by atoms with Gasteiger partial charge in [-0.1, -0.05) is 5.16 Å². The third-order valence-electron chi connectivity index (χ3n) is 2.23. The molecular formula is C10H21N3O3. The fourth-order valence-electron chi connectivity index (χ4n) is 1.07. The molecule has 3 N–H and O–H groups in total. The number of carbonyl (C=O) groups is 1. The summed E-state index contributed by atoms with van der Waals surface area (Å²) >= 11 is 0. The summed E-state index contributed by atoms with van der Waals surface area (Å²) < 4.78 is 5.20. The number of likely N-dealkylation sites (N-methyl/N-ethyl adjacent to an activating group) is 1. The first-order chi connectivity index (χ1) is 7.38. The minimum absolute atomic E-state index is 0.0247. The van der Waals surface area contributed by atoms with Crippen LogP contribution in [0.1, 0.15) is 27.2 Å². The molecular weight excluding hydrogens is 210 g/mol. The summed E-state index contributed by atoms with van der Waals surface area (Å²) in [5, 5.41) is 11.3. The van der Waals surface area contributed by atoms with Crippen molar-refractivity contribution in [2.45, 2.75) is 39.3 Å². The van der Waals surface area contributed by atoms with Gasteiger partial charge in [0, 0.05) is 19.5 Å². The predicted molar refractivity (Wildman–Crippen MR) is 61.3 cm³/mol. The third kappa shape index (κ3) is 5.55. The maximum absolute atomic E-state index is 11.6. The molecule has 0 saturated heterocycles. The largest absolute Gasteiger partial charge is 0.409 e. The zero-order valence-corrected chi connectivity index (χ0v) is 10.3. The van der Waals surface area contributed by atoms with Gasteiger partial charge in [-0.3, -0.25) is 4.79 Å². The Hall–Kier alpha value is -1.30. The van der Waals surface area contributed by atoms with Crippen LogP contribution in [0, 0.1) is 0 Å². The SMILES string of the molecule is CC(C)OCC(=O)N(C)C(C)CC(N)=NO. The molecule has 6 nitrogen and oxygen atoms in total. The van der Waals surface area contributed by atoms with Crippen LogP contribution in [0.2, 0.25) is 0 Å². The van der Waals surface area contributed by atoms with Crippen molar-refractivity contribution in [3.8, 4) is 0 Å². The number of carbonyl (C=O) groups excluding carboxylic acids is 1. The summed E-state index contributed by atoms with van der Waals surface area (Å²) in [7, 11) is 1.67.